The van der Waals surface area contributed by atoms with E-state index in [0.717, 1.165) is 18.4 Å². The van der Waals surface area contributed by atoms with Gasteiger partial charge in [0.05, 0.1) is 16.7 Å². The Morgan fingerprint density at radius 2 is 2.27 bits per heavy atom. The van der Waals surface area contributed by atoms with Crippen LogP contribution in [0, 0.1) is 10.1 Å². The smallest absolute Gasteiger partial charge is 0.306 e. The van der Waals surface area contributed by atoms with E-state index in [4.69, 9.17) is 0 Å². The van der Waals surface area contributed by atoms with Gasteiger partial charge in [-0.25, -0.2) is 0 Å². The number of rotatable bonds is 7. The van der Waals surface area contributed by atoms with Crippen LogP contribution in [0.15, 0.2) is 24.7 Å². The standard InChI is InChI=1S/C13H18N6O3/c1-3-17-6-4-12(16-17)10(2)15-13(20)5-7-18-9-11(8-14-18)19(21)22/h4,6,8-10H,3,5,7H2,1-2H3,(H,15,20). The highest BCUT2D eigenvalue weighted by Gasteiger charge is 2.13. The highest BCUT2D eigenvalue weighted by molar-refractivity contribution is 5.76. The van der Waals surface area contributed by atoms with Crippen LogP contribution in [0.25, 0.3) is 0 Å². The van der Waals surface area contributed by atoms with Crippen molar-refractivity contribution in [2.45, 2.75) is 39.4 Å². The summed E-state index contributed by atoms with van der Waals surface area (Å²) in [7, 11) is 0. The number of hydrogen-bond acceptors (Lipinski definition) is 5. The molecule has 118 valence electrons. The number of nitrogens with one attached hydrogen (secondary N) is 1. The quantitative estimate of drug-likeness (QED) is 0.612. The molecule has 1 amide bonds. The molecule has 1 unspecified atom stereocenters. The highest BCUT2D eigenvalue weighted by atomic mass is 16.6. The van der Waals surface area contributed by atoms with Gasteiger partial charge in [-0.2, -0.15) is 10.2 Å². The number of amides is 1. The van der Waals surface area contributed by atoms with Crippen LogP contribution in [0.3, 0.4) is 0 Å². The summed E-state index contributed by atoms with van der Waals surface area (Å²) in [5, 5.41) is 21.6. The molecule has 9 nitrogen and oxygen atoms in total. The van der Waals surface area contributed by atoms with Crippen molar-refractivity contribution in [1.29, 1.82) is 0 Å². The zero-order valence-corrected chi connectivity index (χ0v) is 12.5. The molecule has 22 heavy (non-hydrogen) atoms. The zero-order chi connectivity index (χ0) is 16.1. The summed E-state index contributed by atoms with van der Waals surface area (Å²) >= 11 is 0. The summed E-state index contributed by atoms with van der Waals surface area (Å²) in [6.45, 7) is 4.91. The largest absolute Gasteiger partial charge is 0.348 e. The van der Waals surface area contributed by atoms with E-state index >= 15 is 0 Å². The number of aryl methyl sites for hydroxylation is 2. The fraction of sp³-hybridized carbons (Fsp3) is 0.462. The number of carbonyl (C=O) groups is 1. The van der Waals surface area contributed by atoms with Crippen molar-refractivity contribution < 1.29 is 9.72 Å². The van der Waals surface area contributed by atoms with E-state index in [1.165, 1.54) is 10.9 Å². The maximum atomic E-state index is 11.9. The first kappa shape index (κ1) is 15.7. The maximum absolute atomic E-state index is 11.9. The molecule has 0 aliphatic heterocycles. The molecule has 0 bridgehead atoms. The maximum Gasteiger partial charge on any atom is 0.306 e. The second-order valence-corrected chi connectivity index (χ2v) is 4.85. The number of nitrogens with zero attached hydrogens (tertiary/aromatic N) is 5. The molecule has 1 atom stereocenters. The van der Waals surface area contributed by atoms with Gasteiger partial charge in [0.1, 0.15) is 12.4 Å². The molecule has 0 radical (unpaired) electrons. The lowest BCUT2D eigenvalue weighted by Crippen LogP contribution is -2.27. The van der Waals surface area contributed by atoms with Crippen LogP contribution in [-0.2, 0) is 17.9 Å². The lowest BCUT2D eigenvalue weighted by atomic mass is 10.2. The molecule has 0 saturated carbocycles. The zero-order valence-electron chi connectivity index (χ0n) is 12.5. The third-order valence-corrected chi connectivity index (χ3v) is 3.20. The fourth-order valence-corrected chi connectivity index (χ4v) is 1.96. The minimum atomic E-state index is -0.518. The van der Waals surface area contributed by atoms with Crippen molar-refractivity contribution in [3.63, 3.8) is 0 Å². The Morgan fingerprint density at radius 1 is 1.50 bits per heavy atom. The number of carbonyl (C=O) groups excluding carboxylic acids is 1. The Morgan fingerprint density at radius 3 is 2.86 bits per heavy atom. The topological polar surface area (TPSA) is 108 Å². The Bertz CT molecular complexity index is 662. The normalized spacial score (nSPS) is 12.1. The van der Waals surface area contributed by atoms with E-state index in [0.29, 0.717) is 0 Å². The second kappa shape index (κ2) is 6.83. The summed E-state index contributed by atoms with van der Waals surface area (Å²) < 4.78 is 3.18. The van der Waals surface area contributed by atoms with E-state index in [-0.39, 0.29) is 30.6 Å². The Hall–Kier alpha value is -2.71. The van der Waals surface area contributed by atoms with E-state index in [2.05, 4.69) is 15.5 Å². The predicted molar refractivity (Wildman–Crippen MR) is 78.0 cm³/mol. The summed E-state index contributed by atoms with van der Waals surface area (Å²) in [5.74, 6) is -0.156. The molecule has 0 spiro atoms. The molecular formula is C13H18N6O3. The van der Waals surface area contributed by atoms with Gasteiger partial charge in [0.2, 0.25) is 5.91 Å². The van der Waals surface area contributed by atoms with Gasteiger partial charge in [-0.15, -0.1) is 0 Å². The number of hydrogen-bond donors (Lipinski definition) is 1. The molecule has 0 aromatic carbocycles. The van der Waals surface area contributed by atoms with Gasteiger partial charge < -0.3 is 5.32 Å². The van der Waals surface area contributed by atoms with Crippen molar-refractivity contribution in [3.05, 3.63) is 40.5 Å². The van der Waals surface area contributed by atoms with Crippen molar-refractivity contribution in [2.75, 3.05) is 0 Å². The molecule has 0 saturated heterocycles. The minimum Gasteiger partial charge on any atom is -0.348 e. The van der Waals surface area contributed by atoms with E-state index in [1.54, 1.807) is 4.68 Å². The molecule has 1 N–H and O–H groups in total. The molecule has 9 heteroatoms. The number of aromatic nitrogens is 4. The molecule has 2 rings (SSSR count). The van der Waals surface area contributed by atoms with E-state index in [9.17, 15) is 14.9 Å². The Balaban J connectivity index is 1.83. The lowest BCUT2D eigenvalue weighted by Gasteiger charge is -2.11. The van der Waals surface area contributed by atoms with Crippen LogP contribution in [0.1, 0.15) is 32.0 Å². The molecule has 2 heterocycles. The second-order valence-electron chi connectivity index (χ2n) is 4.85. The summed E-state index contributed by atoms with van der Waals surface area (Å²) in [4.78, 5) is 21.9. The third kappa shape index (κ3) is 3.90. The first-order chi connectivity index (χ1) is 10.5. The van der Waals surface area contributed by atoms with Gasteiger partial charge in [-0.3, -0.25) is 24.3 Å². The van der Waals surface area contributed by atoms with Gasteiger partial charge in [0.25, 0.3) is 0 Å². The predicted octanol–water partition coefficient (Wildman–Crippen LogP) is 1.28. The van der Waals surface area contributed by atoms with Gasteiger partial charge in [0.15, 0.2) is 0 Å². The van der Waals surface area contributed by atoms with E-state index < -0.39 is 4.92 Å². The van der Waals surface area contributed by atoms with Crippen molar-refractivity contribution in [3.8, 4) is 0 Å². The fourth-order valence-electron chi connectivity index (χ4n) is 1.96. The Labute approximate surface area is 127 Å². The average Bonchev–Trinajstić information content (AvgIpc) is 3.14. The lowest BCUT2D eigenvalue weighted by molar-refractivity contribution is -0.385. The molecule has 2 aromatic rings. The van der Waals surface area contributed by atoms with Crippen LogP contribution in [0.4, 0.5) is 5.69 Å². The van der Waals surface area contributed by atoms with Gasteiger partial charge >= 0.3 is 5.69 Å². The minimum absolute atomic E-state index is 0.0844. The van der Waals surface area contributed by atoms with Crippen molar-refractivity contribution in [2.24, 2.45) is 0 Å². The Kier molecular flexibility index (Phi) is 4.87. The summed E-state index contributed by atoms with van der Waals surface area (Å²) in [6.07, 6.45) is 4.52. The van der Waals surface area contributed by atoms with Gasteiger partial charge in [-0.05, 0) is 19.9 Å². The summed E-state index contributed by atoms with van der Waals surface area (Å²) in [6, 6.07) is 1.68. The first-order valence-electron chi connectivity index (χ1n) is 6.99. The van der Waals surface area contributed by atoms with Crippen molar-refractivity contribution >= 4 is 11.6 Å². The van der Waals surface area contributed by atoms with Gasteiger partial charge in [-0.1, -0.05) is 0 Å². The first-order valence-corrected chi connectivity index (χ1v) is 6.99. The molecule has 2 aromatic heterocycles. The monoisotopic (exact) mass is 306 g/mol. The highest BCUT2D eigenvalue weighted by Crippen LogP contribution is 2.10. The van der Waals surface area contributed by atoms with Crippen LogP contribution in [0.5, 0.6) is 0 Å². The van der Waals surface area contributed by atoms with Crippen LogP contribution in [-0.4, -0.2) is 30.4 Å². The van der Waals surface area contributed by atoms with Crippen molar-refractivity contribution in [1.82, 2.24) is 24.9 Å². The number of nitro groups is 1. The van der Waals surface area contributed by atoms with Gasteiger partial charge in [0, 0.05) is 25.7 Å². The molecule has 0 aliphatic carbocycles. The summed E-state index contributed by atoms with van der Waals surface area (Å²) in [5.41, 5.74) is 0.712. The SMILES string of the molecule is CCn1ccc(C(C)NC(=O)CCn2cc([N+](=O)[O-])cn2)n1. The van der Waals surface area contributed by atoms with Crippen LogP contribution in [0.2, 0.25) is 0 Å². The molecule has 0 fully saturated rings. The van der Waals surface area contributed by atoms with Crippen LogP contribution >= 0.6 is 0 Å². The molecule has 0 aliphatic rings. The van der Waals surface area contributed by atoms with E-state index in [1.807, 2.05) is 26.1 Å². The molecular weight excluding hydrogens is 288 g/mol. The van der Waals surface area contributed by atoms with Crippen LogP contribution < -0.4 is 5.32 Å². The average molecular weight is 306 g/mol. The third-order valence-electron chi connectivity index (χ3n) is 3.20.